The minimum atomic E-state index is -0.402. The van der Waals surface area contributed by atoms with Gasteiger partial charge in [-0.05, 0) is 63.7 Å². The van der Waals surface area contributed by atoms with E-state index >= 15 is 0 Å². The Morgan fingerprint density at radius 1 is 0.585 bits per heavy atom. The highest BCUT2D eigenvalue weighted by molar-refractivity contribution is 7.26. The summed E-state index contributed by atoms with van der Waals surface area (Å²) in [6, 6.07) is 54.0. The molecule has 252 valence electrons. The Morgan fingerprint density at radius 3 is 2.19 bits per heavy atom. The Bertz CT molecular complexity index is 3020. The number of hydrogen-bond acceptors (Lipinski definition) is 5. The van der Waals surface area contributed by atoms with Crippen molar-refractivity contribution in [3.8, 4) is 22.3 Å². The highest BCUT2D eigenvalue weighted by Gasteiger charge is 2.36. The average Bonchev–Trinajstić information content (AvgIpc) is 3.86. The minimum absolute atomic E-state index is 0.137. The number of hydrogen-bond donors (Lipinski definition) is 1. The second-order valence-corrected chi connectivity index (χ2v) is 15.6. The average molecular weight is 700 g/mol. The van der Waals surface area contributed by atoms with Gasteiger partial charge < -0.3 is 9.73 Å². The molecule has 3 heterocycles. The van der Waals surface area contributed by atoms with Gasteiger partial charge in [-0.3, -0.25) is 0 Å². The van der Waals surface area contributed by atoms with E-state index in [2.05, 4.69) is 159 Å². The van der Waals surface area contributed by atoms with Gasteiger partial charge in [0.15, 0.2) is 5.84 Å². The van der Waals surface area contributed by atoms with Crippen molar-refractivity contribution in [2.24, 2.45) is 9.98 Å². The molecule has 0 bridgehead atoms. The summed E-state index contributed by atoms with van der Waals surface area (Å²) in [7, 11) is 0. The summed E-state index contributed by atoms with van der Waals surface area (Å²) in [4.78, 5) is 10.8. The maximum Gasteiger partial charge on any atom is 0.163 e. The van der Waals surface area contributed by atoms with Gasteiger partial charge in [-0.15, -0.1) is 11.3 Å². The lowest BCUT2D eigenvalue weighted by molar-refractivity contribution is 0.658. The molecule has 2 aromatic heterocycles. The van der Waals surface area contributed by atoms with Crippen molar-refractivity contribution in [3.05, 3.63) is 179 Å². The molecule has 0 radical (unpaired) electrons. The minimum Gasteiger partial charge on any atom is -0.455 e. The number of rotatable bonds is 4. The molecule has 1 N–H and O–H groups in total. The lowest BCUT2D eigenvalue weighted by Gasteiger charge is -2.26. The Hall–Kier alpha value is -6.30. The summed E-state index contributed by atoms with van der Waals surface area (Å²) in [5.74, 6) is 1.44. The molecule has 0 saturated heterocycles. The summed E-state index contributed by atoms with van der Waals surface area (Å²) in [6.07, 6.45) is -0.402. The Balaban J connectivity index is 1.14. The van der Waals surface area contributed by atoms with Gasteiger partial charge >= 0.3 is 0 Å². The number of amidine groups is 2. The number of nitrogens with zero attached hydrogens (tertiary/aromatic N) is 2. The molecule has 1 aliphatic carbocycles. The van der Waals surface area contributed by atoms with Crippen molar-refractivity contribution < 1.29 is 4.42 Å². The summed E-state index contributed by atoms with van der Waals surface area (Å²) in [5.41, 5.74) is 12.2. The smallest absolute Gasteiger partial charge is 0.163 e. The third-order valence-electron chi connectivity index (χ3n) is 11.2. The molecule has 0 amide bonds. The number of nitrogens with one attached hydrogen (secondary N) is 1. The van der Waals surface area contributed by atoms with E-state index in [1.807, 2.05) is 23.5 Å². The molecule has 1 unspecified atom stereocenters. The second kappa shape index (κ2) is 11.3. The third kappa shape index (κ3) is 4.54. The molecule has 9 aromatic rings. The number of fused-ring (bicyclic) bond motifs is 9. The fourth-order valence-electron chi connectivity index (χ4n) is 8.63. The molecule has 5 heteroatoms. The van der Waals surface area contributed by atoms with Crippen LogP contribution in [-0.4, -0.2) is 11.7 Å². The van der Waals surface area contributed by atoms with E-state index in [-0.39, 0.29) is 5.41 Å². The van der Waals surface area contributed by atoms with Crippen LogP contribution in [0.4, 0.5) is 0 Å². The monoisotopic (exact) mass is 699 g/mol. The molecular formula is C48H33N3OS. The van der Waals surface area contributed by atoms with Crippen molar-refractivity contribution in [3.63, 3.8) is 0 Å². The molecule has 1 aliphatic heterocycles. The van der Waals surface area contributed by atoms with Gasteiger partial charge in [0.2, 0.25) is 0 Å². The normalized spacial score (nSPS) is 16.1. The van der Waals surface area contributed by atoms with Crippen LogP contribution in [0.1, 0.15) is 47.8 Å². The maximum absolute atomic E-state index is 6.55. The fourth-order valence-corrected chi connectivity index (χ4v) is 9.80. The molecule has 11 rings (SSSR count). The first-order chi connectivity index (χ1) is 26.0. The molecule has 7 aromatic carbocycles. The van der Waals surface area contributed by atoms with E-state index in [9.17, 15) is 0 Å². The van der Waals surface area contributed by atoms with E-state index in [0.29, 0.717) is 5.84 Å². The van der Waals surface area contributed by atoms with Crippen LogP contribution >= 0.6 is 11.3 Å². The number of aliphatic imine (C=N–C) groups is 2. The fraction of sp³-hybridized carbons (Fsp3) is 0.0833. The molecular weight excluding hydrogens is 667 g/mol. The number of furan rings is 1. The van der Waals surface area contributed by atoms with Gasteiger partial charge in [0.25, 0.3) is 0 Å². The van der Waals surface area contributed by atoms with Crippen molar-refractivity contribution in [1.82, 2.24) is 5.32 Å². The first-order valence-corrected chi connectivity index (χ1v) is 18.9. The Kier molecular flexibility index (Phi) is 6.50. The van der Waals surface area contributed by atoms with Crippen LogP contribution in [-0.2, 0) is 5.41 Å². The third-order valence-corrected chi connectivity index (χ3v) is 12.3. The van der Waals surface area contributed by atoms with E-state index < -0.39 is 6.17 Å². The van der Waals surface area contributed by atoms with Gasteiger partial charge in [-0.1, -0.05) is 135 Å². The van der Waals surface area contributed by atoms with Crippen LogP contribution in [0.15, 0.2) is 166 Å². The van der Waals surface area contributed by atoms with Gasteiger partial charge in [0.1, 0.15) is 23.2 Å². The van der Waals surface area contributed by atoms with Crippen molar-refractivity contribution in [2.75, 3.05) is 0 Å². The lowest BCUT2D eigenvalue weighted by atomic mass is 9.82. The van der Waals surface area contributed by atoms with Crippen molar-refractivity contribution in [1.29, 1.82) is 0 Å². The standard InChI is InChI=1S/C48H33N3OS/c1-48(2)37-21-8-6-15-31(37)32-26-25-29(27-38(32)48)45-49-46(51-47(50-45)36-20-10-18-34-33-16-7-9-22-39(33)52-44(34)36)35-19-12-24-41-43(35)42-30(17-11-23-40(42)53-41)28-13-4-3-5-14-28/h3-27,46H,1-2H3,(H,49,50,51). The zero-order valence-corrected chi connectivity index (χ0v) is 30.0. The summed E-state index contributed by atoms with van der Waals surface area (Å²) >= 11 is 1.83. The molecule has 53 heavy (non-hydrogen) atoms. The summed E-state index contributed by atoms with van der Waals surface area (Å²) < 4.78 is 9.05. The van der Waals surface area contributed by atoms with E-state index in [1.165, 1.54) is 53.6 Å². The zero-order valence-electron chi connectivity index (χ0n) is 29.2. The molecule has 0 saturated carbocycles. The number of para-hydroxylation sites is 2. The molecule has 2 aliphatic rings. The van der Waals surface area contributed by atoms with Gasteiger partial charge in [0, 0.05) is 47.5 Å². The first-order valence-electron chi connectivity index (χ1n) is 18.1. The molecule has 4 nitrogen and oxygen atoms in total. The molecule has 0 fully saturated rings. The largest absolute Gasteiger partial charge is 0.455 e. The quantitative estimate of drug-likeness (QED) is 0.199. The van der Waals surface area contributed by atoms with Crippen LogP contribution in [0.25, 0.3) is 64.4 Å². The first kappa shape index (κ1) is 30.3. The topological polar surface area (TPSA) is 49.9 Å². The predicted molar refractivity (Wildman–Crippen MR) is 221 cm³/mol. The van der Waals surface area contributed by atoms with Crippen LogP contribution in [0.2, 0.25) is 0 Å². The number of benzene rings is 7. The SMILES string of the molecule is CC1(C)c2ccccc2-c2ccc(C3=NC(c4cccc5c4oc4ccccc45)=NC(c4cccc5sc6cccc(-c7ccccc7)c6c45)N3)cc21. The van der Waals surface area contributed by atoms with Crippen LogP contribution in [0.5, 0.6) is 0 Å². The van der Waals surface area contributed by atoms with E-state index in [1.54, 1.807) is 0 Å². The highest BCUT2D eigenvalue weighted by Crippen LogP contribution is 2.49. The molecule has 0 spiro atoms. The van der Waals surface area contributed by atoms with Gasteiger partial charge in [0.05, 0.1) is 5.56 Å². The second-order valence-electron chi connectivity index (χ2n) is 14.5. The lowest BCUT2D eigenvalue weighted by Crippen LogP contribution is -2.34. The summed E-state index contributed by atoms with van der Waals surface area (Å²) in [5, 5.41) is 8.47. The zero-order chi connectivity index (χ0) is 35.3. The van der Waals surface area contributed by atoms with Gasteiger partial charge in [-0.2, -0.15) is 0 Å². The number of thiophene rings is 1. The van der Waals surface area contributed by atoms with Crippen LogP contribution in [0, 0.1) is 0 Å². The Labute approximate surface area is 310 Å². The van der Waals surface area contributed by atoms with Crippen molar-refractivity contribution >= 4 is 65.1 Å². The molecule has 1 atom stereocenters. The van der Waals surface area contributed by atoms with E-state index in [0.717, 1.165) is 44.5 Å². The maximum atomic E-state index is 6.55. The van der Waals surface area contributed by atoms with Crippen molar-refractivity contribution in [2.45, 2.75) is 25.4 Å². The van der Waals surface area contributed by atoms with Crippen LogP contribution in [0.3, 0.4) is 0 Å². The van der Waals surface area contributed by atoms with E-state index in [4.69, 9.17) is 14.4 Å². The summed E-state index contributed by atoms with van der Waals surface area (Å²) in [6.45, 7) is 4.64. The van der Waals surface area contributed by atoms with Gasteiger partial charge in [-0.25, -0.2) is 9.98 Å². The van der Waals surface area contributed by atoms with Crippen LogP contribution < -0.4 is 5.32 Å². The predicted octanol–water partition coefficient (Wildman–Crippen LogP) is 12.4. The highest BCUT2D eigenvalue weighted by atomic mass is 32.1. The Morgan fingerprint density at radius 2 is 1.28 bits per heavy atom.